The number of hydrogen-bond donors (Lipinski definition) is 0. The summed E-state index contributed by atoms with van der Waals surface area (Å²) < 4.78 is 82.7. The summed E-state index contributed by atoms with van der Waals surface area (Å²) in [5.41, 5.74) is 3.32. The average molecular weight is 901 g/mol. The predicted molar refractivity (Wildman–Crippen MR) is 250 cm³/mol. The van der Waals surface area contributed by atoms with E-state index in [1.165, 1.54) is 10.6 Å². The summed E-state index contributed by atoms with van der Waals surface area (Å²) in [6.45, 7) is 0. The van der Waals surface area contributed by atoms with Crippen LogP contribution in [-0.2, 0) is 6.18 Å². The van der Waals surface area contributed by atoms with Crippen LogP contribution in [-0.4, -0.2) is 49.0 Å². The van der Waals surface area contributed by atoms with E-state index in [0.29, 0.717) is 89.2 Å². The molecule has 0 spiro atoms. The van der Waals surface area contributed by atoms with Gasteiger partial charge in [-0.05, 0) is 127 Å². The van der Waals surface area contributed by atoms with E-state index in [-0.39, 0.29) is 22.5 Å². The molecule has 0 aliphatic rings. The van der Waals surface area contributed by atoms with Crippen LogP contribution in [0.5, 0.6) is 0 Å². The third-order valence-corrected chi connectivity index (χ3v) is 11.9. The zero-order valence-corrected chi connectivity index (χ0v) is 35.1. The zero-order chi connectivity index (χ0) is 46.1. The second kappa shape index (κ2) is 15.8. The number of fused-ring (bicyclic) bond motifs is 6. The maximum absolute atomic E-state index is 16.2. The van der Waals surface area contributed by atoms with Crippen molar-refractivity contribution in [2.24, 2.45) is 0 Å². The molecule has 0 amide bonds. The van der Waals surface area contributed by atoms with E-state index in [0.717, 1.165) is 24.3 Å². The van der Waals surface area contributed by atoms with Crippen LogP contribution in [0.2, 0.25) is 0 Å². The Morgan fingerprint density at radius 3 is 0.985 bits per heavy atom. The first-order valence-corrected chi connectivity index (χ1v) is 21.1. The van der Waals surface area contributed by atoms with Crippen molar-refractivity contribution >= 4 is 43.6 Å². The van der Waals surface area contributed by atoms with Gasteiger partial charge in [0.05, 0.1) is 39.0 Å². The molecule has 6 aromatic heterocycles. The molecular weight excluding hydrogens is 872 g/mol. The van der Waals surface area contributed by atoms with Gasteiger partial charge in [0.2, 0.25) is 0 Å². The molecule has 6 aromatic carbocycles. The fourth-order valence-corrected chi connectivity index (χ4v) is 9.03. The summed E-state index contributed by atoms with van der Waals surface area (Å²) >= 11 is 0. The highest BCUT2D eigenvalue weighted by Crippen LogP contribution is 2.46. The first kappa shape index (κ1) is 40.4. The van der Waals surface area contributed by atoms with Crippen molar-refractivity contribution in [2.75, 3.05) is 0 Å². The van der Waals surface area contributed by atoms with Gasteiger partial charge in [-0.25, -0.2) is 48.7 Å². The smallest absolute Gasteiger partial charge is 0.309 e. The molecule has 0 atom stereocenters. The summed E-state index contributed by atoms with van der Waals surface area (Å²) in [5.74, 6) is -0.0835. The Labute approximate surface area is 381 Å². The Hall–Kier alpha value is -9.11. The number of hydrogen-bond acceptors (Lipinski definition) is 8. The first-order chi connectivity index (χ1) is 33.2. The van der Waals surface area contributed by atoms with Gasteiger partial charge in [-0.15, -0.1) is 0 Å². The molecule has 12 rings (SSSR count). The maximum Gasteiger partial charge on any atom is 0.418 e. The molecular formula is C53H29F5N10. The van der Waals surface area contributed by atoms with Gasteiger partial charge in [0.1, 0.15) is 11.6 Å². The lowest BCUT2D eigenvalue weighted by molar-refractivity contribution is -0.137. The van der Waals surface area contributed by atoms with Gasteiger partial charge in [-0.1, -0.05) is 0 Å². The molecule has 0 N–H and O–H groups in total. The predicted octanol–water partition coefficient (Wildman–Crippen LogP) is 12.7. The Morgan fingerprint density at radius 1 is 0.338 bits per heavy atom. The van der Waals surface area contributed by atoms with Gasteiger partial charge in [-0.2, -0.15) is 13.2 Å². The number of nitrogens with zero attached hydrogens (tertiary/aromatic N) is 10. The lowest BCUT2D eigenvalue weighted by Crippen LogP contribution is -2.13. The Morgan fingerprint density at radius 2 is 0.662 bits per heavy atom. The van der Waals surface area contributed by atoms with E-state index in [2.05, 4.69) is 39.9 Å². The molecule has 10 nitrogen and oxygen atoms in total. The van der Waals surface area contributed by atoms with E-state index >= 15 is 22.0 Å². The molecule has 6 heterocycles. The molecule has 0 saturated heterocycles. The topological polar surface area (TPSA) is 113 Å². The second-order valence-electron chi connectivity index (χ2n) is 15.9. The molecule has 0 aliphatic heterocycles. The first-order valence-electron chi connectivity index (χ1n) is 21.1. The van der Waals surface area contributed by atoms with Crippen molar-refractivity contribution in [3.05, 3.63) is 194 Å². The van der Waals surface area contributed by atoms with Crippen molar-refractivity contribution in [2.45, 2.75) is 6.18 Å². The van der Waals surface area contributed by atoms with Crippen molar-refractivity contribution < 1.29 is 22.0 Å². The van der Waals surface area contributed by atoms with Crippen molar-refractivity contribution in [1.29, 1.82) is 0 Å². The summed E-state index contributed by atoms with van der Waals surface area (Å²) in [7, 11) is 0. The molecule has 0 unspecified atom stereocenters. The van der Waals surface area contributed by atoms with E-state index < -0.39 is 23.4 Å². The van der Waals surface area contributed by atoms with Gasteiger partial charge in [-0.3, -0.25) is 0 Å². The summed E-state index contributed by atoms with van der Waals surface area (Å²) in [6.07, 6.45) is 7.97. The summed E-state index contributed by atoms with van der Waals surface area (Å²) in [5, 5.41) is 2.49. The maximum atomic E-state index is 16.2. The highest BCUT2D eigenvalue weighted by Gasteiger charge is 2.37. The van der Waals surface area contributed by atoms with E-state index in [4.69, 9.17) is 0 Å². The van der Waals surface area contributed by atoms with Gasteiger partial charge in [0, 0.05) is 105 Å². The highest BCUT2D eigenvalue weighted by atomic mass is 19.4. The lowest BCUT2D eigenvalue weighted by Gasteiger charge is -2.22. The Kier molecular flexibility index (Phi) is 9.39. The molecule has 12 aromatic rings. The molecule has 0 radical (unpaired) electrons. The van der Waals surface area contributed by atoms with Gasteiger partial charge in [0.25, 0.3) is 0 Å². The summed E-state index contributed by atoms with van der Waals surface area (Å²) in [6, 6.07) is 33.7. The van der Waals surface area contributed by atoms with Crippen molar-refractivity contribution in [3.63, 3.8) is 0 Å². The van der Waals surface area contributed by atoms with Gasteiger partial charge >= 0.3 is 6.18 Å². The van der Waals surface area contributed by atoms with Crippen molar-refractivity contribution in [3.8, 4) is 68.1 Å². The number of benzene rings is 6. The molecule has 0 saturated carbocycles. The van der Waals surface area contributed by atoms with E-state index in [1.54, 1.807) is 127 Å². The van der Waals surface area contributed by atoms with Gasteiger partial charge in [0.15, 0.2) is 23.3 Å². The van der Waals surface area contributed by atoms with Crippen LogP contribution < -0.4 is 0 Å². The molecule has 0 aliphatic carbocycles. The largest absolute Gasteiger partial charge is 0.418 e. The van der Waals surface area contributed by atoms with Crippen LogP contribution in [0.1, 0.15) is 5.56 Å². The average Bonchev–Trinajstić information content (AvgIpc) is 3.87. The Balaban J connectivity index is 1.18. The molecule has 15 heteroatoms. The van der Waals surface area contributed by atoms with Gasteiger partial charge < -0.3 is 9.13 Å². The number of aromatic nitrogens is 10. The van der Waals surface area contributed by atoms with Crippen LogP contribution in [0.15, 0.2) is 177 Å². The Bertz CT molecular complexity index is 3700. The lowest BCUT2D eigenvalue weighted by atomic mass is 9.98. The number of halogens is 5. The van der Waals surface area contributed by atoms with Crippen LogP contribution in [0.4, 0.5) is 22.0 Å². The zero-order valence-electron chi connectivity index (χ0n) is 35.1. The van der Waals surface area contributed by atoms with E-state index in [9.17, 15) is 0 Å². The fraction of sp³-hybridized carbons (Fsp3) is 0.0189. The third kappa shape index (κ3) is 6.87. The number of rotatable bonds is 7. The van der Waals surface area contributed by atoms with Crippen LogP contribution in [0, 0.1) is 11.6 Å². The molecule has 68 heavy (non-hydrogen) atoms. The standard InChI is InChI=1S/C53H29F5N10/c54-35-21-34(22-36(55)27-35)37-28-48(68-45-11-7-32(51-63-17-3-18-64-51)25-40(45)41-26-33(8-12-46(41)68)52-65-19-4-20-66-52)42(53(56,57)58)29-47(37)67-43-9-5-30(49-59-13-1-14-60-49)23-38(43)39-24-31(6-10-44(39)67)50-61-15-2-16-62-50/h1-29H. The minimum absolute atomic E-state index is 0.0129. The molecule has 0 fully saturated rings. The minimum atomic E-state index is -4.96. The SMILES string of the molecule is Fc1cc(F)cc(-c2cc(-n3c4ccc(-c5ncccn5)cc4c4cc(-c5ncccn5)ccc43)c(C(F)(F)F)cc2-n2c3ccc(-c4ncccn4)cc3c3cc(-c4ncccn4)ccc32)c1. The van der Waals surface area contributed by atoms with Crippen molar-refractivity contribution in [1.82, 2.24) is 49.0 Å². The monoisotopic (exact) mass is 900 g/mol. The normalized spacial score (nSPS) is 11.9. The van der Waals surface area contributed by atoms with Crippen LogP contribution in [0.25, 0.3) is 112 Å². The highest BCUT2D eigenvalue weighted by molar-refractivity contribution is 6.13. The number of alkyl halides is 3. The van der Waals surface area contributed by atoms with Crippen LogP contribution >= 0.6 is 0 Å². The van der Waals surface area contributed by atoms with E-state index in [1.807, 2.05) is 24.3 Å². The second-order valence-corrected chi connectivity index (χ2v) is 15.9. The summed E-state index contributed by atoms with van der Waals surface area (Å²) in [4.78, 5) is 35.5. The van der Waals surface area contributed by atoms with Crippen LogP contribution in [0.3, 0.4) is 0 Å². The quantitative estimate of drug-likeness (QED) is 0.145. The minimum Gasteiger partial charge on any atom is -0.309 e. The fourth-order valence-electron chi connectivity index (χ4n) is 9.03. The third-order valence-electron chi connectivity index (χ3n) is 11.9. The molecule has 0 bridgehead atoms. The molecule has 326 valence electrons.